The van der Waals surface area contributed by atoms with Gasteiger partial charge in [0.1, 0.15) is 37.5 Å². The second kappa shape index (κ2) is 9.13. The SMILES string of the molecule is C/C=C/COc1cc(C)c(OCc2ccc(/C(C)=N/OC)n2C)c(C)c1. The fourth-order valence-corrected chi connectivity index (χ4v) is 2.85. The molecule has 26 heavy (non-hydrogen) atoms. The summed E-state index contributed by atoms with van der Waals surface area (Å²) in [6.07, 6.45) is 3.96. The van der Waals surface area contributed by atoms with Gasteiger partial charge in [-0.05, 0) is 63.1 Å². The average Bonchev–Trinajstić information content (AvgIpc) is 2.95. The molecule has 0 aliphatic carbocycles. The van der Waals surface area contributed by atoms with Gasteiger partial charge in [-0.2, -0.15) is 0 Å². The molecule has 0 saturated heterocycles. The molecule has 0 saturated carbocycles. The Morgan fingerprint density at radius 1 is 1.15 bits per heavy atom. The van der Waals surface area contributed by atoms with Crippen molar-refractivity contribution in [1.82, 2.24) is 4.57 Å². The third kappa shape index (κ3) is 4.69. The van der Waals surface area contributed by atoms with Gasteiger partial charge in [-0.15, -0.1) is 0 Å². The molecule has 1 aromatic heterocycles. The highest BCUT2D eigenvalue weighted by atomic mass is 16.6. The molecule has 5 heteroatoms. The zero-order valence-corrected chi connectivity index (χ0v) is 16.5. The van der Waals surface area contributed by atoms with Crippen LogP contribution in [0.4, 0.5) is 0 Å². The van der Waals surface area contributed by atoms with Crippen LogP contribution in [-0.2, 0) is 18.5 Å². The molecule has 5 nitrogen and oxygen atoms in total. The summed E-state index contributed by atoms with van der Waals surface area (Å²) in [5.41, 5.74) is 5.03. The molecular weight excluding hydrogens is 328 g/mol. The molecule has 140 valence electrons. The number of rotatable bonds is 8. The van der Waals surface area contributed by atoms with Crippen molar-refractivity contribution < 1.29 is 14.3 Å². The number of hydrogen-bond donors (Lipinski definition) is 0. The topological polar surface area (TPSA) is 45.0 Å². The Kier molecular flexibility index (Phi) is 6.89. The molecule has 0 fully saturated rings. The van der Waals surface area contributed by atoms with E-state index < -0.39 is 0 Å². The molecule has 0 spiro atoms. The highest BCUT2D eigenvalue weighted by molar-refractivity contribution is 5.97. The molecule has 0 atom stereocenters. The van der Waals surface area contributed by atoms with Crippen LogP contribution in [0.1, 0.15) is 36.4 Å². The second-order valence-electron chi connectivity index (χ2n) is 6.18. The minimum Gasteiger partial charge on any atom is -0.490 e. The third-order valence-corrected chi connectivity index (χ3v) is 4.20. The predicted octanol–water partition coefficient (Wildman–Crippen LogP) is 4.55. The van der Waals surface area contributed by atoms with Crippen molar-refractivity contribution in [2.75, 3.05) is 13.7 Å². The van der Waals surface area contributed by atoms with Crippen molar-refractivity contribution in [2.45, 2.75) is 34.3 Å². The molecule has 0 unspecified atom stereocenters. The van der Waals surface area contributed by atoms with Crippen LogP contribution in [0.3, 0.4) is 0 Å². The lowest BCUT2D eigenvalue weighted by molar-refractivity contribution is 0.213. The lowest BCUT2D eigenvalue weighted by atomic mass is 10.1. The van der Waals surface area contributed by atoms with Crippen LogP contribution in [0, 0.1) is 13.8 Å². The maximum atomic E-state index is 6.11. The second-order valence-corrected chi connectivity index (χ2v) is 6.18. The van der Waals surface area contributed by atoms with E-state index in [0.29, 0.717) is 13.2 Å². The fraction of sp³-hybridized carbons (Fsp3) is 0.381. The van der Waals surface area contributed by atoms with Crippen LogP contribution < -0.4 is 9.47 Å². The molecule has 2 aromatic rings. The van der Waals surface area contributed by atoms with E-state index in [2.05, 4.69) is 9.72 Å². The number of hydrogen-bond acceptors (Lipinski definition) is 4. The summed E-state index contributed by atoms with van der Waals surface area (Å²) in [6.45, 7) is 9.04. The van der Waals surface area contributed by atoms with E-state index in [1.54, 1.807) is 7.11 Å². The van der Waals surface area contributed by atoms with Crippen LogP contribution in [0.15, 0.2) is 41.6 Å². The van der Waals surface area contributed by atoms with Gasteiger partial charge in [-0.3, -0.25) is 0 Å². The van der Waals surface area contributed by atoms with Gasteiger partial charge < -0.3 is 18.9 Å². The Morgan fingerprint density at radius 3 is 2.46 bits per heavy atom. The predicted molar refractivity (Wildman–Crippen MR) is 105 cm³/mol. The normalized spacial score (nSPS) is 11.8. The summed E-state index contributed by atoms with van der Waals surface area (Å²) in [5, 5.41) is 3.99. The Labute approximate surface area is 155 Å². The van der Waals surface area contributed by atoms with Crippen molar-refractivity contribution >= 4 is 5.71 Å². The van der Waals surface area contributed by atoms with Crippen molar-refractivity contribution in [3.63, 3.8) is 0 Å². The molecule has 1 heterocycles. The number of allylic oxidation sites excluding steroid dienone is 1. The summed E-state index contributed by atoms with van der Waals surface area (Å²) in [4.78, 5) is 4.86. The van der Waals surface area contributed by atoms with Crippen LogP contribution >= 0.6 is 0 Å². The molecule has 0 aliphatic heterocycles. The molecule has 1 aromatic carbocycles. The minimum atomic E-state index is 0.483. The van der Waals surface area contributed by atoms with E-state index in [1.165, 1.54) is 0 Å². The van der Waals surface area contributed by atoms with E-state index in [4.69, 9.17) is 14.3 Å². The van der Waals surface area contributed by atoms with Gasteiger partial charge in [-0.1, -0.05) is 17.3 Å². The number of ether oxygens (including phenoxy) is 2. The monoisotopic (exact) mass is 356 g/mol. The summed E-state index contributed by atoms with van der Waals surface area (Å²) in [6, 6.07) is 8.09. The largest absolute Gasteiger partial charge is 0.490 e. The third-order valence-electron chi connectivity index (χ3n) is 4.20. The van der Waals surface area contributed by atoms with E-state index in [-0.39, 0.29) is 0 Å². The van der Waals surface area contributed by atoms with Gasteiger partial charge >= 0.3 is 0 Å². The standard InChI is InChI=1S/C21H28N2O3/c1-7-8-11-25-19-12-15(2)21(16(3)13-19)26-14-18-9-10-20(23(18)5)17(4)22-24-6/h7-10,12-13H,11,14H2,1-6H3/b8-7+,22-17+. The van der Waals surface area contributed by atoms with Crippen molar-refractivity contribution in [2.24, 2.45) is 12.2 Å². The number of nitrogens with zero attached hydrogens (tertiary/aromatic N) is 2. The first-order valence-electron chi connectivity index (χ1n) is 8.68. The van der Waals surface area contributed by atoms with E-state index >= 15 is 0 Å². The summed E-state index contributed by atoms with van der Waals surface area (Å²) >= 11 is 0. The Bertz CT molecular complexity index is 781. The zero-order valence-electron chi connectivity index (χ0n) is 16.5. The Balaban J connectivity index is 2.11. The molecule has 0 N–H and O–H groups in total. The first-order valence-corrected chi connectivity index (χ1v) is 8.68. The number of benzene rings is 1. The van der Waals surface area contributed by atoms with Gasteiger partial charge in [0, 0.05) is 7.05 Å². The highest BCUT2D eigenvalue weighted by Gasteiger charge is 2.11. The highest BCUT2D eigenvalue weighted by Crippen LogP contribution is 2.29. The lowest BCUT2D eigenvalue weighted by Gasteiger charge is -2.15. The lowest BCUT2D eigenvalue weighted by Crippen LogP contribution is -2.09. The van der Waals surface area contributed by atoms with Crippen LogP contribution in [-0.4, -0.2) is 24.0 Å². The van der Waals surface area contributed by atoms with E-state index in [1.807, 2.05) is 71.2 Å². The molecule has 2 rings (SSSR count). The van der Waals surface area contributed by atoms with E-state index in [0.717, 1.165) is 39.7 Å². The van der Waals surface area contributed by atoms with Crippen LogP contribution in [0.2, 0.25) is 0 Å². The molecule has 0 radical (unpaired) electrons. The zero-order chi connectivity index (χ0) is 19.1. The van der Waals surface area contributed by atoms with Crippen LogP contribution in [0.5, 0.6) is 11.5 Å². The quantitative estimate of drug-likeness (QED) is 0.396. The van der Waals surface area contributed by atoms with Gasteiger partial charge in [0.15, 0.2) is 0 Å². The number of aromatic nitrogens is 1. The van der Waals surface area contributed by atoms with Crippen molar-refractivity contribution in [3.8, 4) is 11.5 Å². The minimum absolute atomic E-state index is 0.483. The first kappa shape index (κ1) is 19.6. The first-order chi connectivity index (χ1) is 12.5. The maximum absolute atomic E-state index is 6.11. The molecule has 0 aliphatic rings. The average molecular weight is 356 g/mol. The van der Waals surface area contributed by atoms with E-state index in [9.17, 15) is 0 Å². The summed E-state index contributed by atoms with van der Waals surface area (Å²) in [5.74, 6) is 1.76. The van der Waals surface area contributed by atoms with Crippen LogP contribution in [0.25, 0.3) is 0 Å². The summed E-state index contributed by atoms with van der Waals surface area (Å²) < 4.78 is 13.9. The van der Waals surface area contributed by atoms with Crippen molar-refractivity contribution in [1.29, 1.82) is 0 Å². The number of oxime groups is 1. The Morgan fingerprint density at radius 2 is 1.85 bits per heavy atom. The van der Waals surface area contributed by atoms with Gasteiger partial charge in [0.05, 0.1) is 11.4 Å². The van der Waals surface area contributed by atoms with Gasteiger partial charge in [0.25, 0.3) is 0 Å². The molecular formula is C21H28N2O3. The van der Waals surface area contributed by atoms with Crippen molar-refractivity contribution in [3.05, 3.63) is 58.9 Å². The fourth-order valence-electron chi connectivity index (χ4n) is 2.85. The Hall–Kier alpha value is -2.69. The molecule has 0 amide bonds. The van der Waals surface area contributed by atoms with Gasteiger partial charge in [0.2, 0.25) is 0 Å². The number of aryl methyl sites for hydroxylation is 2. The summed E-state index contributed by atoms with van der Waals surface area (Å²) in [7, 11) is 3.55. The smallest absolute Gasteiger partial charge is 0.128 e. The molecule has 0 bridgehead atoms. The van der Waals surface area contributed by atoms with Gasteiger partial charge in [-0.25, -0.2) is 0 Å². The maximum Gasteiger partial charge on any atom is 0.128 e.